The van der Waals surface area contributed by atoms with Gasteiger partial charge in [-0.3, -0.25) is 10.1 Å². The van der Waals surface area contributed by atoms with Crippen molar-refractivity contribution in [3.05, 3.63) is 16.1 Å². The summed E-state index contributed by atoms with van der Waals surface area (Å²) in [4.78, 5) is 15.7. The molecule has 0 spiro atoms. The Hall–Kier alpha value is -1.38. The maximum Gasteiger partial charge on any atom is 0.237 e. The molecule has 4 nitrogen and oxygen atoms in total. The Morgan fingerprint density at radius 3 is 3.06 bits per heavy atom. The van der Waals surface area contributed by atoms with Crippen LogP contribution in [0.2, 0.25) is 0 Å². The van der Waals surface area contributed by atoms with Crippen molar-refractivity contribution in [1.82, 2.24) is 15.6 Å². The number of rotatable bonds is 5. The highest BCUT2D eigenvalue weighted by atomic mass is 32.1. The van der Waals surface area contributed by atoms with Crippen LogP contribution in [0, 0.1) is 19.3 Å². The predicted octanol–water partition coefficient (Wildman–Crippen LogP) is 0.679. The molecule has 1 aromatic heterocycles. The summed E-state index contributed by atoms with van der Waals surface area (Å²) < 4.78 is 0. The van der Waals surface area contributed by atoms with Gasteiger partial charge in [-0.2, -0.15) is 0 Å². The summed E-state index contributed by atoms with van der Waals surface area (Å²) in [5, 5.41) is 8.67. The van der Waals surface area contributed by atoms with Gasteiger partial charge < -0.3 is 5.32 Å². The summed E-state index contributed by atoms with van der Waals surface area (Å²) in [6.45, 7) is 4.61. The summed E-state index contributed by atoms with van der Waals surface area (Å²) in [6, 6.07) is -0.266. The average molecular weight is 237 g/mol. The third kappa shape index (κ3) is 4.01. The van der Waals surface area contributed by atoms with E-state index in [2.05, 4.69) is 21.5 Å². The average Bonchev–Trinajstić information content (AvgIpc) is 2.68. The first-order chi connectivity index (χ1) is 7.63. The molecule has 1 amide bonds. The van der Waals surface area contributed by atoms with Gasteiger partial charge in [0.15, 0.2) is 0 Å². The quantitative estimate of drug-likeness (QED) is 0.740. The topological polar surface area (TPSA) is 54.0 Å². The second kappa shape index (κ2) is 6.26. The lowest BCUT2D eigenvalue weighted by molar-refractivity contribution is -0.122. The molecule has 0 aliphatic rings. The summed E-state index contributed by atoms with van der Waals surface area (Å²) in [6.07, 6.45) is 5.05. The van der Waals surface area contributed by atoms with Gasteiger partial charge >= 0.3 is 0 Å². The van der Waals surface area contributed by atoms with Crippen LogP contribution in [-0.4, -0.2) is 23.5 Å². The first-order valence-electron chi connectivity index (χ1n) is 4.99. The number of aromatic nitrogens is 1. The largest absolute Gasteiger partial charge is 0.344 e. The summed E-state index contributed by atoms with van der Waals surface area (Å²) >= 11 is 1.58. The SMILES string of the molecule is C#CCNC(=O)C(C)NCc1nc(C)cs1. The van der Waals surface area contributed by atoms with Crippen molar-refractivity contribution in [3.63, 3.8) is 0 Å². The molecule has 16 heavy (non-hydrogen) atoms. The molecule has 0 fully saturated rings. The Morgan fingerprint density at radius 2 is 2.50 bits per heavy atom. The van der Waals surface area contributed by atoms with Crippen molar-refractivity contribution < 1.29 is 4.79 Å². The van der Waals surface area contributed by atoms with Crippen LogP contribution < -0.4 is 10.6 Å². The van der Waals surface area contributed by atoms with Crippen LogP contribution in [0.1, 0.15) is 17.6 Å². The highest BCUT2D eigenvalue weighted by Crippen LogP contribution is 2.07. The minimum absolute atomic E-state index is 0.0915. The van der Waals surface area contributed by atoms with Crippen molar-refractivity contribution >= 4 is 17.2 Å². The molecule has 0 radical (unpaired) electrons. The van der Waals surface area contributed by atoms with E-state index in [0.29, 0.717) is 6.54 Å². The second-order valence-corrected chi connectivity index (χ2v) is 4.35. The molecule has 0 bridgehead atoms. The molecule has 0 aromatic carbocycles. The van der Waals surface area contributed by atoms with E-state index >= 15 is 0 Å². The third-order valence-corrected chi connectivity index (χ3v) is 2.95. The molecule has 1 heterocycles. The number of hydrogen-bond donors (Lipinski definition) is 2. The molecule has 1 atom stereocenters. The number of thiazole rings is 1. The molecule has 1 unspecified atom stereocenters. The lowest BCUT2D eigenvalue weighted by Gasteiger charge is -2.11. The number of carbonyl (C=O) groups excluding carboxylic acids is 1. The molecule has 0 saturated heterocycles. The minimum Gasteiger partial charge on any atom is -0.344 e. The number of hydrogen-bond acceptors (Lipinski definition) is 4. The van der Waals surface area contributed by atoms with Crippen LogP contribution in [0.5, 0.6) is 0 Å². The van der Waals surface area contributed by atoms with Gasteiger partial charge in [-0.15, -0.1) is 17.8 Å². The predicted molar refractivity (Wildman–Crippen MR) is 65.0 cm³/mol. The number of nitrogens with zero attached hydrogens (tertiary/aromatic N) is 1. The fourth-order valence-corrected chi connectivity index (χ4v) is 1.83. The van der Waals surface area contributed by atoms with Gasteiger partial charge in [0.05, 0.1) is 12.6 Å². The van der Waals surface area contributed by atoms with Gasteiger partial charge in [-0.05, 0) is 13.8 Å². The lowest BCUT2D eigenvalue weighted by atomic mass is 10.3. The van der Waals surface area contributed by atoms with Gasteiger partial charge in [0, 0.05) is 17.6 Å². The first kappa shape index (κ1) is 12.7. The van der Waals surface area contributed by atoms with Crippen LogP contribution in [0.25, 0.3) is 0 Å². The molecule has 86 valence electrons. The highest BCUT2D eigenvalue weighted by molar-refractivity contribution is 7.09. The van der Waals surface area contributed by atoms with Crippen molar-refractivity contribution in [1.29, 1.82) is 0 Å². The van der Waals surface area contributed by atoms with Gasteiger partial charge in [-0.1, -0.05) is 5.92 Å². The van der Waals surface area contributed by atoms with E-state index in [1.54, 1.807) is 18.3 Å². The molecule has 1 aromatic rings. The molecule has 1 rings (SSSR count). The summed E-state index contributed by atoms with van der Waals surface area (Å²) in [5.74, 6) is 2.27. The van der Waals surface area contributed by atoms with Gasteiger partial charge in [-0.25, -0.2) is 4.98 Å². The smallest absolute Gasteiger partial charge is 0.237 e. The van der Waals surface area contributed by atoms with Crippen molar-refractivity contribution in [2.24, 2.45) is 0 Å². The second-order valence-electron chi connectivity index (χ2n) is 3.41. The molecule has 2 N–H and O–H groups in total. The van der Waals surface area contributed by atoms with Crippen LogP contribution >= 0.6 is 11.3 Å². The van der Waals surface area contributed by atoms with E-state index < -0.39 is 0 Å². The van der Waals surface area contributed by atoms with Crippen LogP contribution in [0.4, 0.5) is 0 Å². The van der Waals surface area contributed by atoms with Crippen molar-refractivity contribution in [3.8, 4) is 12.3 Å². The normalized spacial score (nSPS) is 11.8. The molecule has 0 aliphatic carbocycles. The Balaban J connectivity index is 2.32. The Labute approximate surface area is 99.5 Å². The maximum atomic E-state index is 11.4. The molecule has 0 saturated carbocycles. The van der Waals surface area contributed by atoms with Crippen molar-refractivity contribution in [2.75, 3.05) is 6.54 Å². The maximum absolute atomic E-state index is 11.4. The van der Waals surface area contributed by atoms with Crippen LogP contribution in [-0.2, 0) is 11.3 Å². The van der Waals surface area contributed by atoms with Gasteiger partial charge in [0.2, 0.25) is 5.91 Å². The Morgan fingerprint density at radius 1 is 1.75 bits per heavy atom. The van der Waals surface area contributed by atoms with E-state index in [0.717, 1.165) is 10.7 Å². The van der Waals surface area contributed by atoms with E-state index in [-0.39, 0.29) is 18.5 Å². The zero-order valence-electron chi connectivity index (χ0n) is 9.41. The Kier molecular flexibility index (Phi) is 4.96. The number of amides is 1. The molecular formula is C11H15N3OS. The fraction of sp³-hybridized carbons (Fsp3) is 0.455. The number of aryl methyl sites for hydroxylation is 1. The summed E-state index contributed by atoms with van der Waals surface area (Å²) in [7, 11) is 0. The van der Waals surface area contributed by atoms with Crippen LogP contribution in [0.3, 0.4) is 0 Å². The first-order valence-corrected chi connectivity index (χ1v) is 5.87. The molecular weight excluding hydrogens is 222 g/mol. The summed E-state index contributed by atoms with van der Waals surface area (Å²) in [5.41, 5.74) is 1.01. The monoisotopic (exact) mass is 237 g/mol. The number of nitrogens with one attached hydrogen (secondary N) is 2. The van der Waals surface area contributed by atoms with Crippen molar-refractivity contribution in [2.45, 2.75) is 26.4 Å². The van der Waals surface area contributed by atoms with E-state index in [1.807, 2.05) is 12.3 Å². The minimum atomic E-state index is -0.266. The fourth-order valence-electron chi connectivity index (χ4n) is 1.11. The Bertz CT molecular complexity index is 394. The number of carbonyl (C=O) groups is 1. The van der Waals surface area contributed by atoms with Gasteiger partial charge in [0.1, 0.15) is 5.01 Å². The molecule has 5 heteroatoms. The van der Waals surface area contributed by atoms with Gasteiger partial charge in [0.25, 0.3) is 0 Å². The standard InChI is InChI=1S/C11H15N3OS/c1-4-5-12-11(15)9(3)13-6-10-14-8(2)7-16-10/h1,7,9,13H,5-6H2,2-3H3,(H,12,15). The zero-order valence-corrected chi connectivity index (χ0v) is 10.2. The molecule has 0 aliphatic heterocycles. The number of terminal acetylenes is 1. The van der Waals surface area contributed by atoms with E-state index in [9.17, 15) is 4.79 Å². The zero-order chi connectivity index (χ0) is 12.0. The highest BCUT2D eigenvalue weighted by Gasteiger charge is 2.11. The van der Waals surface area contributed by atoms with E-state index in [4.69, 9.17) is 6.42 Å². The third-order valence-electron chi connectivity index (χ3n) is 1.98. The lowest BCUT2D eigenvalue weighted by Crippen LogP contribution is -2.41. The van der Waals surface area contributed by atoms with Crippen LogP contribution in [0.15, 0.2) is 5.38 Å². The van der Waals surface area contributed by atoms with E-state index in [1.165, 1.54) is 0 Å².